The lowest BCUT2D eigenvalue weighted by Crippen LogP contribution is -2.01. The highest BCUT2D eigenvalue weighted by atomic mass is 19.1. The SMILES string of the molecule is COc1cccc(COc2cc(F)ccc2[C@H](C)O)c1. The summed E-state index contributed by atoms with van der Waals surface area (Å²) in [5, 5.41) is 9.65. The van der Waals surface area contributed by atoms with Crippen molar-refractivity contribution >= 4 is 0 Å². The van der Waals surface area contributed by atoms with E-state index in [1.165, 1.54) is 18.2 Å². The van der Waals surface area contributed by atoms with Gasteiger partial charge in [-0.15, -0.1) is 0 Å². The van der Waals surface area contributed by atoms with Crippen LogP contribution in [0.1, 0.15) is 24.2 Å². The van der Waals surface area contributed by atoms with Crippen LogP contribution in [-0.2, 0) is 6.61 Å². The second-order valence-electron chi connectivity index (χ2n) is 4.50. The second-order valence-corrected chi connectivity index (χ2v) is 4.50. The third-order valence-corrected chi connectivity index (χ3v) is 2.95. The van der Waals surface area contributed by atoms with Crippen molar-refractivity contribution < 1.29 is 19.0 Å². The van der Waals surface area contributed by atoms with Crippen LogP contribution in [0.15, 0.2) is 42.5 Å². The van der Waals surface area contributed by atoms with Gasteiger partial charge in [-0.25, -0.2) is 4.39 Å². The highest BCUT2D eigenvalue weighted by Crippen LogP contribution is 2.27. The van der Waals surface area contributed by atoms with Crippen LogP contribution in [0.3, 0.4) is 0 Å². The number of ether oxygens (including phenoxy) is 2. The van der Waals surface area contributed by atoms with Gasteiger partial charge in [-0.3, -0.25) is 0 Å². The minimum atomic E-state index is -0.712. The Bertz CT molecular complexity index is 582. The number of hydrogen-bond acceptors (Lipinski definition) is 3. The summed E-state index contributed by atoms with van der Waals surface area (Å²) in [5.74, 6) is 0.693. The summed E-state index contributed by atoms with van der Waals surface area (Å²) >= 11 is 0. The molecule has 3 nitrogen and oxygen atoms in total. The maximum atomic E-state index is 13.3. The summed E-state index contributed by atoms with van der Waals surface area (Å²) in [7, 11) is 1.60. The van der Waals surface area contributed by atoms with Crippen molar-refractivity contribution in [3.63, 3.8) is 0 Å². The predicted molar refractivity (Wildman–Crippen MR) is 74.4 cm³/mol. The minimum absolute atomic E-state index is 0.278. The fraction of sp³-hybridized carbons (Fsp3) is 0.250. The molecule has 1 N–H and O–H groups in total. The molecule has 106 valence electrons. The fourth-order valence-electron chi connectivity index (χ4n) is 1.90. The molecule has 0 amide bonds. The molecule has 0 aliphatic carbocycles. The topological polar surface area (TPSA) is 38.7 Å². The van der Waals surface area contributed by atoms with Gasteiger partial charge in [-0.1, -0.05) is 12.1 Å². The molecule has 2 rings (SSSR count). The van der Waals surface area contributed by atoms with Crippen molar-refractivity contribution in [3.05, 3.63) is 59.4 Å². The van der Waals surface area contributed by atoms with E-state index in [0.717, 1.165) is 11.3 Å². The molecule has 0 saturated carbocycles. The summed E-state index contributed by atoms with van der Waals surface area (Å²) < 4.78 is 24.0. The van der Waals surface area contributed by atoms with E-state index in [2.05, 4.69) is 0 Å². The first-order valence-corrected chi connectivity index (χ1v) is 6.33. The largest absolute Gasteiger partial charge is 0.497 e. The molecule has 0 saturated heterocycles. The zero-order chi connectivity index (χ0) is 14.5. The van der Waals surface area contributed by atoms with Crippen molar-refractivity contribution in [2.45, 2.75) is 19.6 Å². The molecule has 0 fully saturated rings. The summed E-state index contributed by atoms with van der Waals surface area (Å²) in [6.07, 6.45) is -0.712. The van der Waals surface area contributed by atoms with E-state index >= 15 is 0 Å². The van der Waals surface area contributed by atoms with Crippen molar-refractivity contribution in [2.75, 3.05) is 7.11 Å². The normalized spacial score (nSPS) is 12.0. The van der Waals surface area contributed by atoms with Gasteiger partial charge in [0.2, 0.25) is 0 Å². The van der Waals surface area contributed by atoms with E-state index < -0.39 is 11.9 Å². The summed E-state index contributed by atoms with van der Waals surface area (Å²) in [5.41, 5.74) is 1.47. The lowest BCUT2D eigenvalue weighted by molar-refractivity contribution is 0.190. The third kappa shape index (κ3) is 3.48. The van der Waals surface area contributed by atoms with Crippen molar-refractivity contribution in [3.8, 4) is 11.5 Å². The number of aliphatic hydroxyl groups is 1. The molecular weight excluding hydrogens is 259 g/mol. The fourth-order valence-corrected chi connectivity index (χ4v) is 1.90. The van der Waals surface area contributed by atoms with Gasteiger partial charge in [0, 0.05) is 11.6 Å². The Kier molecular flexibility index (Phi) is 4.58. The van der Waals surface area contributed by atoms with Crippen LogP contribution in [0.2, 0.25) is 0 Å². The number of rotatable bonds is 5. The molecule has 0 aromatic heterocycles. The van der Waals surface area contributed by atoms with Gasteiger partial charge in [-0.05, 0) is 36.8 Å². The molecule has 0 aliphatic heterocycles. The van der Waals surface area contributed by atoms with E-state index in [4.69, 9.17) is 9.47 Å². The quantitative estimate of drug-likeness (QED) is 0.908. The Morgan fingerprint density at radius 2 is 2.00 bits per heavy atom. The maximum Gasteiger partial charge on any atom is 0.128 e. The summed E-state index contributed by atoms with van der Waals surface area (Å²) in [6, 6.07) is 11.6. The van der Waals surface area contributed by atoms with Crippen molar-refractivity contribution in [1.29, 1.82) is 0 Å². The molecule has 0 radical (unpaired) electrons. The van der Waals surface area contributed by atoms with Crippen LogP contribution in [0.4, 0.5) is 4.39 Å². The molecule has 0 spiro atoms. The Balaban J connectivity index is 2.15. The molecule has 2 aromatic rings. The molecule has 4 heteroatoms. The lowest BCUT2D eigenvalue weighted by Gasteiger charge is -2.14. The minimum Gasteiger partial charge on any atom is -0.497 e. The molecule has 2 aromatic carbocycles. The molecule has 0 heterocycles. The Morgan fingerprint density at radius 3 is 2.70 bits per heavy atom. The lowest BCUT2D eigenvalue weighted by atomic mass is 10.1. The Morgan fingerprint density at radius 1 is 1.20 bits per heavy atom. The van der Waals surface area contributed by atoms with Crippen LogP contribution < -0.4 is 9.47 Å². The van der Waals surface area contributed by atoms with Crippen LogP contribution in [0.25, 0.3) is 0 Å². The number of halogens is 1. The number of hydrogen-bond donors (Lipinski definition) is 1. The van der Waals surface area contributed by atoms with Gasteiger partial charge in [0.05, 0.1) is 13.2 Å². The van der Waals surface area contributed by atoms with Gasteiger partial charge in [-0.2, -0.15) is 0 Å². The molecule has 20 heavy (non-hydrogen) atoms. The van der Waals surface area contributed by atoms with Gasteiger partial charge < -0.3 is 14.6 Å². The molecule has 1 atom stereocenters. The second kappa shape index (κ2) is 6.39. The van der Waals surface area contributed by atoms with Gasteiger partial charge >= 0.3 is 0 Å². The molecular formula is C16H17FO3. The van der Waals surface area contributed by atoms with Crippen LogP contribution in [0.5, 0.6) is 11.5 Å². The molecule has 0 aliphatic rings. The molecule has 0 bridgehead atoms. The number of methoxy groups -OCH3 is 1. The van der Waals surface area contributed by atoms with E-state index in [0.29, 0.717) is 11.3 Å². The zero-order valence-electron chi connectivity index (χ0n) is 11.5. The zero-order valence-corrected chi connectivity index (χ0v) is 11.5. The van der Waals surface area contributed by atoms with Crippen LogP contribution >= 0.6 is 0 Å². The van der Waals surface area contributed by atoms with Crippen LogP contribution in [0, 0.1) is 5.82 Å². The van der Waals surface area contributed by atoms with E-state index in [1.54, 1.807) is 14.0 Å². The smallest absolute Gasteiger partial charge is 0.128 e. The monoisotopic (exact) mass is 276 g/mol. The number of benzene rings is 2. The van der Waals surface area contributed by atoms with Crippen molar-refractivity contribution in [2.24, 2.45) is 0 Å². The average Bonchev–Trinajstić information content (AvgIpc) is 2.45. The maximum absolute atomic E-state index is 13.3. The first-order valence-electron chi connectivity index (χ1n) is 6.33. The van der Waals surface area contributed by atoms with Gasteiger partial charge in [0.25, 0.3) is 0 Å². The Labute approximate surface area is 117 Å². The van der Waals surface area contributed by atoms with E-state index in [-0.39, 0.29) is 6.61 Å². The van der Waals surface area contributed by atoms with Crippen molar-refractivity contribution in [1.82, 2.24) is 0 Å². The van der Waals surface area contributed by atoms with Gasteiger partial charge in [0.1, 0.15) is 23.9 Å². The standard InChI is InChI=1S/C16H17FO3/c1-11(18)15-7-6-13(17)9-16(15)20-10-12-4-3-5-14(8-12)19-2/h3-9,11,18H,10H2,1-2H3/t11-/m0/s1. The predicted octanol–water partition coefficient (Wildman–Crippen LogP) is 3.47. The highest BCUT2D eigenvalue weighted by molar-refractivity contribution is 5.36. The van der Waals surface area contributed by atoms with Crippen LogP contribution in [-0.4, -0.2) is 12.2 Å². The average molecular weight is 276 g/mol. The molecule has 0 unspecified atom stereocenters. The van der Waals surface area contributed by atoms with Gasteiger partial charge in [0.15, 0.2) is 0 Å². The summed E-state index contributed by atoms with van der Waals surface area (Å²) in [4.78, 5) is 0. The first kappa shape index (κ1) is 14.3. The van der Waals surface area contributed by atoms with E-state index in [9.17, 15) is 9.50 Å². The summed E-state index contributed by atoms with van der Waals surface area (Å²) in [6.45, 7) is 1.89. The van der Waals surface area contributed by atoms with E-state index in [1.807, 2.05) is 24.3 Å². The Hall–Kier alpha value is -2.07. The highest BCUT2D eigenvalue weighted by Gasteiger charge is 2.10. The first-order chi connectivity index (χ1) is 9.60. The third-order valence-electron chi connectivity index (χ3n) is 2.95. The number of aliphatic hydroxyl groups excluding tert-OH is 1.